The van der Waals surface area contributed by atoms with Crippen LogP contribution in [0.4, 0.5) is 10.5 Å². The maximum Gasteiger partial charge on any atom is 0.321 e. The first-order chi connectivity index (χ1) is 12.4. The van der Waals surface area contributed by atoms with E-state index in [4.69, 9.17) is 4.74 Å². The molecule has 0 aromatic heterocycles. The topological polar surface area (TPSA) is 128 Å². The van der Waals surface area contributed by atoms with E-state index in [2.05, 4.69) is 10.6 Å². The van der Waals surface area contributed by atoms with Gasteiger partial charge in [0.15, 0.2) is 6.10 Å². The Labute approximate surface area is 150 Å². The Morgan fingerprint density at radius 3 is 2.58 bits per heavy atom. The molecule has 0 saturated heterocycles. The SMILES string of the molecule is CC(OC(=O)Cc1ccccc1[N+](=O)[O-])C(=O)NC(=O)NC1CCCC1. The number of esters is 1. The van der Waals surface area contributed by atoms with Crippen molar-refractivity contribution in [2.24, 2.45) is 0 Å². The van der Waals surface area contributed by atoms with Crippen LogP contribution in [0.2, 0.25) is 0 Å². The van der Waals surface area contributed by atoms with Crippen LogP contribution in [0.25, 0.3) is 0 Å². The highest BCUT2D eigenvalue weighted by Gasteiger charge is 2.24. The molecule has 1 aliphatic rings. The second-order valence-electron chi connectivity index (χ2n) is 6.14. The molecule has 1 aromatic carbocycles. The van der Waals surface area contributed by atoms with Crippen molar-refractivity contribution in [1.29, 1.82) is 0 Å². The molecule has 0 bridgehead atoms. The van der Waals surface area contributed by atoms with E-state index in [0.717, 1.165) is 25.7 Å². The van der Waals surface area contributed by atoms with Crippen LogP contribution in [0.3, 0.4) is 0 Å². The molecule has 0 radical (unpaired) electrons. The van der Waals surface area contributed by atoms with Crippen molar-refractivity contribution in [2.75, 3.05) is 0 Å². The summed E-state index contributed by atoms with van der Waals surface area (Å²) in [5, 5.41) is 15.8. The molecule has 1 atom stereocenters. The highest BCUT2D eigenvalue weighted by atomic mass is 16.6. The molecule has 2 N–H and O–H groups in total. The summed E-state index contributed by atoms with van der Waals surface area (Å²) >= 11 is 0. The summed E-state index contributed by atoms with van der Waals surface area (Å²) in [6.07, 6.45) is 2.30. The molecule has 0 spiro atoms. The van der Waals surface area contributed by atoms with Gasteiger partial charge >= 0.3 is 12.0 Å². The predicted molar refractivity (Wildman–Crippen MR) is 91.3 cm³/mol. The van der Waals surface area contributed by atoms with Crippen molar-refractivity contribution in [1.82, 2.24) is 10.6 Å². The number of ether oxygens (including phenoxy) is 1. The minimum Gasteiger partial charge on any atom is -0.452 e. The number of para-hydroxylation sites is 1. The van der Waals surface area contributed by atoms with Gasteiger partial charge in [0, 0.05) is 17.7 Å². The fourth-order valence-electron chi connectivity index (χ4n) is 2.79. The van der Waals surface area contributed by atoms with Gasteiger partial charge < -0.3 is 10.1 Å². The Morgan fingerprint density at radius 1 is 1.27 bits per heavy atom. The Hall–Kier alpha value is -2.97. The number of rotatable bonds is 6. The molecule has 3 amide bonds. The lowest BCUT2D eigenvalue weighted by Gasteiger charge is -2.15. The van der Waals surface area contributed by atoms with Crippen LogP contribution < -0.4 is 10.6 Å². The molecule has 1 aliphatic carbocycles. The van der Waals surface area contributed by atoms with E-state index in [9.17, 15) is 24.5 Å². The first kappa shape index (κ1) is 19.4. The van der Waals surface area contributed by atoms with E-state index >= 15 is 0 Å². The molecule has 9 heteroatoms. The van der Waals surface area contributed by atoms with Crippen LogP contribution in [0, 0.1) is 10.1 Å². The largest absolute Gasteiger partial charge is 0.452 e. The monoisotopic (exact) mass is 363 g/mol. The maximum atomic E-state index is 11.9. The third kappa shape index (κ3) is 5.54. The fourth-order valence-corrected chi connectivity index (χ4v) is 2.79. The number of carbonyl (C=O) groups excluding carboxylic acids is 3. The number of nitrogens with one attached hydrogen (secondary N) is 2. The summed E-state index contributed by atoms with van der Waals surface area (Å²) in [4.78, 5) is 46.0. The highest BCUT2D eigenvalue weighted by Crippen LogP contribution is 2.19. The number of nitro benzene ring substituents is 1. The minimum atomic E-state index is -1.19. The predicted octanol–water partition coefficient (Wildman–Crippen LogP) is 1.84. The molecule has 2 rings (SSSR count). The van der Waals surface area contributed by atoms with Crippen molar-refractivity contribution in [3.8, 4) is 0 Å². The van der Waals surface area contributed by atoms with Gasteiger partial charge in [0.1, 0.15) is 0 Å². The maximum absolute atomic E-state index is 11.9. The zero-order valence-corrected chi connectivity index (χ0v) is 14.4. The van der Waals surface area contributed by atoms with Gasteiger partial charge in [0.2, 0.25) is 0 Å². The molecule has 26 heavy (non-hydrogen) atoms. The van der Waals surface area contributed by atoms with Gasteiger partial charge in [-0.05, 0) is 19.8 Å². The van der Waals surface area contributed by atoms with E-state index in [0.29, 0.717) is 0 Å². The number of nitrogens with zero attached hydrogens (tertiary/aromatic N) is 1. The van der Waals surface area contributed by atoms with Crippen LogP contribution in [0.15, 0.2) is 24.3 Å². The van der Waals surface area contributed by atoms with Gasteiger partial charge in [0.05, 0.1) is 11.3 Å². The smallest absolute Gasteiger partial charge is 0.321 e. The number of amides is 3. The second kappa shape index (κ2) is 8.93. The third-order valence-electron chi connectivity index (χ3n) is 4.13. The summed E-state index contributed by atoms with van der Waals surface area (Å²) in [7, 11) is 0. The molecule has 1 unspecified atom stereocenters. The Kier molecular flexibility index (Phi) is 6.65. The number of nitro groups is 1. The number of imide groups is 1. The van der Waals surface area contributed by atoms with E-state index < -0.39 is 28.9 Å². The normalized spacial score (nSPS) is 15.1. The van der Waals surface area contributed by atoms with E-state index in [1.807, 2.05) is 0 Å². The van der Waals surface area contributed by atoms with Gasteiger partial charge in [-0.3, -0.25) is 25.0 Å². The summed E-state index contributed by atoms with van der Waals surface area (Å²) in [5.41, 5.74) is -0.00780. The number of urea groups is 1. The zero-order chi connectivity index (χ0) is 19.1. The average molecular weight is 363 g/mol. The van der Waals surface area contributed by atoms with E-state index in [-0.39, 0.29) is 23.7 Å². The van der Waals surface area contributed by atoms with Crippen LogP contribution in [0.1, 0.15) is 38.2 Å². The van der Waals surface area contributed by atoms with Crippen LogP contribution in [-0.2, 0) is 20.7 Å². The van der Waals surface area contributed by atoms with Crippen molar-refractivity contribution < 1.29 is 24.0 Å². The van der Waals surface area contributed by atoms with Crippen molar-refractivity contribution >= 4 is 23.6 Å². The van der Waals surface area contributed by atoms with E-state index in [1.54, 1.807) is 6.07 Å². The summed E-state index contributed by atoms with van der Waals surface area (Å²) in [6.45, 7) is 1.33. The first-order valence-electron chi connectivity index (χ1n) is 8.40. The summed E-state index contributed by atoms with van der Waals surface area (Å²) in [6, 6.07) is 5.22. The van der Waals surface area contributed by atoms with Gasteiger partial charge in [0.25, 0.3) is 11.6 Å². The lowest BCUT2D eigenvalue weighted by Crippen LogP contribution is -2.47. The minimum absolute atomic E-state index is 0.0549. The van der Waals surface area contributed by atoms with Gasteiger partial charge in [-0.25, -0.2) is 4.79 Å². The van der Waals surface area contributed by atoms with Gasteiger partial charge in [-0.2, -0.15) is 0 Å². The summed E-state index contributed by atoms with van der Waals surface area (Å²) < 4.78 is 4.97. The molecule has 140 valence electrons. The third-order valence-corrected chi connectivity index (χ3v) is 4.13. The van der Waals surface area contributed by atoms with Crippen LogP contribution in [0.5, 0.6) is 0 Å². The Morgan fingerprint density at radius 2 is 1.92 bits per heavy atom. The average Bonchev–Trinajstić information content (AvgIpc) is 3.07. The molecular formula is C17H21N3O6. The molecule has 1 saturated carbocycles. The van der Waals surface area contributed by atoms with Crippen molar-refractivity contribution in [3.05, 3.63) is 39.9 Å². The van der Waals surface area contributed by atoms with Crippen molar-refractivity contribution in [2.45, 2.75) is 51.2 Å². The molecular weight excluding hydrogens is 342 g/mol. The number of benzene rings is 1. The van der Waals surface area contributed by atoms with Crippen LogP contribution >= 0.6 is 0 Å². The highest BCUT2D eigenvalue weighted by molar-refractivity contribution is 5.97. The van der Waals surface area contributed by atoms with Crippen molar-refractivity contribution in [3.63, 3.8) is 0 Å². The Bertz CT molecular complexity index is 699. The number of hydrogen-bond acceptors (Lipinski definition) is 6. The molecule has 0 aliphatic heterocycles. The first-order valence-corrected chi connectivity index (χ1v) is 8.40. The number of hydrogen-bond donors (Lipinski definition) is 2. The molecule has 0 heterocycles. The van der Waals surface area contributed by atoms with Crippen LogP contribution in [-0.4, -0.2) is 35.0 Å². The quantitative estimate of drug-likeness (QED) is 0.451. The zero-order valence-electron chi connectivity index (χ0n) is 14.4. The molecule has 1 fully saturated rings. The lowest BCUT2D eigenvalue weighted by atomic mass is 10.1. The standard InChI is InChI=1S/C17H21N3O6/c1-11(16(22)19-17(23)18-13-7-3-4-8-13)26-15(21)10-12-6-2-5-9-14(12)20(24)25/h2,5-6,9,11,13H,3-4,7-8,10H2,1H3,(H2,18,19,22,23). The molecule has 9 nitrogen and oxygen atoms in total. The second-order valence-corrected chi connectivity index (χ2v) is 6.14. The molecule has 1 aromatic rings. The van der Waals surface area contributed by atoms with Gasteiger partial charge in [-0.15, -0.1) is 0 Å². The summed E-state index contributed by atoms with van der Waals surface area (Å²) in [5.74, 6) is -1.55. The lowest BCUT2D eigenvalue weighted by molar-refractivity contribution is -0.385. The van der Waals surface area contributed by atoms with Gasteiger partial charge in [-0.1, -0.05) is 31.0 Å². The Balaban J connectivity index is 1.83. The fraction of sp³-hybridized carbons (Fsp3) is 0.471. The van der Waals surface area contributed by atoms with E-state index in [1.165, 1.54) is 25.1 Å². The number of carbonyl (C=O) groups is 3.